The lowest BCUT2D eigenvalue weighted by atomic mass is 10.3. The number of rotatable bonds is 8. The molecule has 7 heteroatoms. The molecule has 0 bridgehead atoms. The van der Waals surface area contributed by atoms with Crippen LogP contribution in [0.4, 0.5) is 0 Å². The molecule has 1 aliphatic carbocycles. The van der Waals surface area contributed by atoms with Gasteiger partial charge in [0.1, 0.15) is 27.5 Å². The zero-order valence-electron chi connectivity index (χ0n) is 22.1. The summed E-state index contributed by atoms with van der Waals surface area (Å²) in [5.41, 5.74) is 4.90. The minimum absolute atomic E-state index is 0.0679. The monoisotopic (exact) mass is 506 g/mol. The summed E-state index contributed by atoms with van der Waals surface area (Å²) in [6.45, 7) is 28.4. The number of thiazole rings is 2. The second-order valence-electron chi connectivity index (χ2n) is 11.5. The molecule has 0 saturated heterocycles. The van der Waals surface area contributed by atoms with E-state index in [2.05, 4.69) is 83.1 Å². The average Bonchev–Trinajstić information content (AvgIpc) is 3.29. The van der Waals surface area contributed by atoms with E-state index in [0.29, 0.717) is 44.6 Å². The van der Waals surface area contributed by atoms with Crippen LogP contribution in [0.25, 0.3) is 9.75 Å². The Kier molecular flexibility index (Phi) is 7.19. The number of nitrogens with zero attached hydrogens (tertiary/aromatic N) is 2. The molecule has 0 saturated carbocycles. The van der Waals surface area contributed by atoms with Crippen molar-refractivity contribution in [1.29, 1.82) is 0 Å². The van der Waals surface area contributed by atoms with Gasteiger partial charge in [0.2, 0.25) is 5.78 Å². The van der Waals surface area contributed by atoms with Crippen molar-refractivity contribution >= 4 is 53.9 Å². The number of carbonyl (C=O) groups is 1. The second-order valence-corrected chi connectivity index (χ2v) is 25.8. The summed E-state index contributed by atoms with van der Waals surface area (Å²) in [4.78, 5) is 25.9. The van der Waals surface area contributed by atoms with Gasteiger partial charge in [0, 0.05) is 0 Å². The first-order valence-electron chi connectivity index (χ1n) is 12.3. The largest absolute Gasteiger partial charge is 0.285 e. The Bertz CT molecular complexity index is 880. The first kappa shape index (κ1) is 26.0. The molecule has 2 heterocycles. The summed E-state index contributed by atoms with van der Waals surface area (Å²) in [7, 11) is -3.77. The van der Waals surface area contributed by atoms with E-state index >= 15 is 0 Å². The molecule has 0 radical (unpaired) electrons. The summed E-state index contributed by atoms with van der Waals surface area (Å²) in [6.07, 6.45) is 0. The lowest BCUT2D eigenvalue weighted by Gasteiger charge is -2.41. The molecule has 1 aliphatic rings. The summed E-state index contributed by atoms with van der Waals surface area (Å²) in [6, 6.07) is 0. The third kappa shape index (κ3) is 3.40. The Morgan fingerprint density at radius 3 is 1.00 bits per heavy atom. The van der Waals surface area contributed by atoms with Crippen LogP contribution in [0.2, 0.25) is 33.2 Å². The molecule has 0 spiro atoms. The fourth-order valence-electron chi connectivity index (χ4n) is 7.22. The summed E-state index contributed by atoms with van der Waals surface area (Å²) >= 11 is 3.65. The van der Waals surface area contributed by atoms with E-state index in [1.807, 2.05) is 22.7 Å². The molecule has 0 unspecified atom stereocenters. The lowest BCUT2D eigenvalue weighted by molar-refractivity contribution is 0.103. The Morgan fingerprint density at radius 1 is 0.531 bits per heavy atom. The maximum absolute atomic E-state index is 13.5. The first-order chi connectivity index (χ1) is 14.7. The van der Waals surface area contributed by atoms with Crippen molar-refractivity contribution < 1.29 is 4.79 Å². The van der Waals surface area contributed by atoms with Crippen LogP contribution in [0.1, 0.15) is 99.3 Å². The summed E-state index contributed by atoms with van der Waals surface area (Å²) in [5.74, 6) is 0.0679. The number of ketones is 1. The smallest absolute Gasteiger partial charge is 0.232 e. The number of fused-ring (bicyclic) bond motifs is 3. The van der Waals surface area contributed by atoms with Crippen LogP contribution in [0, 0.1) is 0 Å². The molecule has 2 aromatic rings. The standard InChI is InChI=1S/C25H42N2OS2Si2/c1-13(2)31(14(3)4,15(5)6)24-26-19-21(28)20-23(22(19)29-24)30-25(27-20)32(16(7)8,17(9)10)18(11)12/h13-18H,1-12H3. The molecule has 178 valence electrons. The Hall–Kier alpha value is -0.636. The molecule has 3 nitrogen and oxygen atoms in total. The van der Waals surface area contributed by atoms with Gasteiger partial charge in [-0.1, -0.05) is 83.1 Å². The highest BCUT2D eigenvalue weighted by molar-refractivity contribution is 7.35. The average molecular weight is 507 g/mol. The third-order valence-corrected chi connectivity index (χ3v) is 26.2. The molecule has 0 amide bonds. The fourth-order valence-corrected chi connectivity index (χ4v) is 26.8. The van der Waals surface area contributed by atoms with Crippen LogP contribution < -0.4 is 9.26 Å². The van der Waals surface area contributed by atoms with Gasteiger partial charge >= 0.3 is 0 Å². The SMILES string of the molecule is CC(C)[Si](c1nc2c(s1)-c1sc([Si](C(C)C)(C(C)C)C(C)C)nc1C2=O)(C(C)C)C(C)C. The maximum Gasteiger partial charge on any atom is 0.232 e. The Labute approximate surface area is 205 Å². The fraction of sp³-hybridized carbons (Fsp3) is 0.720. The van der Waals surface area contributed by atoms with Crippen molar-refractivity contribution in [3.63, 3.8) is 0 Å². The number of hydrogen-bond acceptors (Lipinski definition) is 5. The highest BCUT2D eigenvalue weighted by Crippen LogP contribution is 2.48. The van der Waals surface area contributed by atoms with E-state index in [9.17, 15) is 4.79 Å². The van der Waals surface area contributed by atoms with E-state index in [0.717, 1.165) is 9.75 Å². The van der Waals surface area contributed by atoms with Gasteiger partial charge in [0.15, 0.2) is 0 Å². The zero-order chi connectivity index (χ0) is 24.3. The van der Waals surface area contributed by atoms with Crippen LogP contribution >= 0.6 is 22.7 Å². The van der Waals surface area contributed by atoms with E-state index in [1.165, 1.54) is 9.26 Å². The lowest BCUT2D eigenvalue weighted by Crippen LogP contribution is -2.55. The molecule has 3 rings (SSSR count). The second kappa shape index (κ2) is 8.86. The molecular weight excluding hydrogens is 465 g/mol. The molecule has 0 atom stereocenters. The van der Waals surface area contributed by atoms with Gasteiger partial charge in [0.05, 0.1) is 19.0 Å². The van der Waals surface area contributed by atoms with Crippen molar-refractivity contribution in [2.75, 3.05) is 0 Å². The predicted molar refractivity (Wildman–Crippen MR) is 148 cm³/mol. The number of hydrogen-bond donors (Lipinski definition) is 0. The van der Waals surface area contributed by atoms with Gasteiger partial charge < -0.3 is 0 Å². The van der Waals surface area contributed by atoms with Crippen LogP contribution in [-0.2, 0) is 0 Å². The van der Waals surface area contributed by atoms with Crippen molar-refractivity contribution in [1.82, 2.24) is 9.97 Å². The van der Waals surface area contributed by atoms with E-state index in [-0.39, 0.29) is 5.78 Å². The molecule has 0 aromatic carbocycles. The number of aromatic nitrogens is 2. The Morgan fingerprint density at radius 2 is 0.781 bits per heavy atom. The van der Waals surface area contributed by atoms with Crippen molar-refractivity contribution in [2.45, 2.75) is 116 Å². The Balaban J connectivity index is 2.22. The molecule has 0 N–H and O–H groups in total. The van der Waals surface area contributed by atoms with E-state index in [4.69, 9.17) is 9.97 Å². The van der Waals surface area contributed by atoms with Crippen LogP contribution in [0.5, 0.6) is 0 Å². The molecular formula is C25H42N2OS2Si2. The quantitative estimate of drug-likeness (QED) is 0.296. The van der Waals surface area contributed by atoms with Crippen molar-refractivity contribution in [2.24, 2.45) is 0 Å². The van der Waals surface area contributed by atoms with E-state index in [1.54, 1.807) is 0 Å². The van der Waals surface area contributed by atoms with Gasteiger partial charge in [-0.2, -0.15) is 0 Å². The molecule has 0 fully saturated rings. The predicted octanol–water partition coefficient (Wildman–Crippen LogP) is 7.58. The van der Waals surface area contributed by atoms with Gasteiger partial charge in [-0.25, -0.2) is 9.97 Å². The first-order valence-corrected chi connectivity index (χ1v) is 18.4. The van der Waals surface area contributed by atoms with Crippen LogP contribution in [-0.4, -0.2) is 31.9 Å². The topological polar surface area (TPSA) is 42.9 Å². The van der Waals surface area contributed by atoms with Gasteiger partial charge in [-0.3, -0.25) is 4.79 Å². The van der Waals surface area contributed by atoms with Crippen molar-refractivity contribution in [3.05, 3.63) is 11.4 Å². The number of carbonyl (C=O) groups excluding carboxylic acids is 1. The van der Waals surface area contributed by atoms with Crippen LogP contribution in [0.15, 0.2) is 0 Å². The van der Waals surface area contributed by atoms with Crippen molar-refractivity contribution in [3.8, 4) is 9.75 Å². The normalized spacial score (nSPS) is 14.8. The molecule has 2 aromatic heterocycles. The third-order valence-electron chi connectivity index (χ3n) is 8.36. The van der Waals surface area contributed by atoms with Gasteiger partial charge in [-0.05, 0) is 33.2 Å². The summed E-state index contributed by atoms with van der Waals surface area (Å²) in [5, 5.41) is 0. The minimum Gasteiger partial charge on any atom is -0.285 e. The molecule has 0 aliphatic heterocycles. The molecule has 32 heavy (non-hydrogen) atoms. The van der Waals surface area contributed by atoms with Crippen LogP contribution in [0.3, 0.4) is 0 Å². The van der Waals surface area contributed by atoms with Gasteiger partial charge in [0.25, 0.3) is 0 Å². The highest BCUT2D eigenvalue weighted by Gasteiger charge is 2.51. The van der Waals surface area contributed by atoms with Gasteiger partial charge in [-0.15, -0.1) is 22.7 Å². The summed E-state index contributed by atoms with van der Waals surface area (Å²) < 4.78 is 2.55. The maximum atomic E-state index is 13.5. The highest BCUT2D eigenvalue weighted by atomic mass is 32.1. The minimum atomic E-state index is -1.88. The van der Waals surface area contributed by atoms with E-state index < -0.39 is 16.1 Å². The zero-order valence-corrected chi connectivity index (χ0v) is 25.7.